The van der Waals surface area contributed by atoms with Gasteiger partial charge < -0.3 is 15.3 Å². The molecule has 0 heterocycles. The van der Waals surface area contributed by atoms with Crippen molar-refractivity contribution in [3.63, 3.8) is 0 Å². The summed E-state index contributed by atoms with van der Waals surface area (Å²) >= 11 is -0.238. The van der Waals surface area contributed by atoms with E-state index in [-0.39, 0.29) is 61.2 Å². The highest BCUT2D eigenvalue weighted by molar-refractivity contribution is 7.67. The second kappa shape index (κ2) is 10.4. The second-order valence-electron chi connectivity index (χ2n) is 8.36. The van der Waals surface area contributed by atoms with Crippen LogP contribution in [0.3, 0.4) is 0 Å². The van der Waals surface area contributed by atoms with Gasteiger partial charge in [0.25, 0.3) is 0 Å². The summed E-state index contributed by atoms with van der Waals surface area (Å²) in [6.07, 6.45) is -0.594. The van der Waals surface area contributed by atoms with Crippen LogP contribution in [-0.4, -0.2) is 60.4 Å². The Labute approximate surface area is 185 Å². The Bertz CT molecular complexity index is 848. The van der Waals surface area contributed by atoms with Crippen LogP contribution in [0.15, 0.2) is 0 Å². The highest BCUT2D eigenvalue weighted by Gasteiger charge is 2.43. The number of carbonyl (C=O) groups is 3. The van der Waals surface area contributed by atoms with Crippen molar-refractivity contribution in [3.05, 3.63) is 0 Å². The maximum Gasteiger partial charge on any atom is 0.314 e. The van der Waals surface area contributed by atoms with E-state index >= 15 is 0 Å². The molecule has 0 aliphatic rings. The van der Waals surface area contributed by atoms with Crippen molar-refractivity contribution < 1.29 is 42.3 Å². The van der Waals surface area contributed by atoms with Crippen molar-refractivity contribution in [2.75, 3.05) is 0 Å². The van der Waals surface area contributed by atoms with Gasteiger partial charge in [0.1, 0.15) is 0 Å². The second-order valence-corrected chi connectivity index (χ2v) is 10.3. The maximum atomic E-state index is 11.9. The lowest BCUT2D eigenvalue weighted by atomic mass is 9.73. The molecule has 0 aromatic carbocycles. The number of carboxylic acid groups (broad SMARTS) is 3. The summed E-state index contributed by atoms with van der Waals surface area (Å²) in [6.45, 7) is 7.75. The first-order chi connectivity index (χ1) is 13.5. The van der Waals surface area contributed by atoms with Gasteiger partial charge in [-0.3, -0.25) is 14.4 Å². The molecular weight excluding hydrogens is 456 g/mol. The Morgan fingerprint density at radius 2 is 0.933 bits per heavy atom. The summed E-state index contributed by atoms with van der Waals surface area (Å²) < 4.78 is 35.3. The van der Waals surface area contributed by atoms with Crippen molar-refractivity contribution >= 4 is 66.3 Å². The first kappa shape index (κ1) is 28.1. The average Bonchev–Trinajstić information content (AvgIpc) is 2.62. The molecule has 0 aromatic rings. The van der Waals surface area contributed by atoms with Crippen molar-refractivity contribution in [1.82, 2.24) is 0 Å². The van der Waals surface area contributed by atoms with Crippen LogP contribution in [0.5, 0.6) is 0 Å². The normalized spacial score (nSPS) is 13.0. The number of hydrogen-bond acceptors (Lipinski definition) is 6. The molecule has 9 nitrogen and oxygen atoms in total. The highest BCUT2D eigenvalue weighted by Crippen LogP contribution is 2.33. The predicted molar refractivity (Wildman–Crippen MR) is 116 cm³/mol. The van der Waals surface area contributed by atoms with Gasteiger partial charge in [0.05, 0.1) is 50.0 Å². The molecule has 0 aliphatic heterocycles. The molecule has 3 N–H and O–H groups in total. The lowest BCUT2D eigenvalue weighted by Gasteiger charge is -2.31. The predicted octanol–water partition coefficient (Wildman–Crippen LogP) is 0.871. The molecule has 0 amide bonds. The largest absolute Gasteiger partial charge is 0.481 e. The molecule has 0 rings (SSSR count). The SMILES string of the molecule is CC(C)(C(=O)O)C(CC(CC(=S=O)C(C)(C)C(=O)O)C(=S=O)C(C)(C)C(=O)O)=S=O. The zero-order chi connectivity index (χ0) is 24.1. The van der Waals surface area contributed by atoms with Gasteiger partial charge in [0, 0.05) is 20.5 Å². The average molecular weight is 483 g/mol. The molecule has 0 aliphatic carbocycles. The van der Waals surface area contributed by atoms with Crippen molar-refractivity contribution in [2.45, 2.75) is 54.4 Å². The van der Waals surface area contributed by atoms with Crippen LogP contribution in [0.2, 0.25) is 0 Å². The van der Waals surface area contributed by atoms with E-state index in [4.69, 9.17) is 0 Å². The maximum absolute atomic E-state index is 11.9. The van der Waals surface area contributed by atoms with E-state index in [0.717, 1.165) is 0 Å². The summed E-state index contributed by atoms with van der Waals surface area (Å²) in [6, 6.07) is 0. The molecule has 0 unspecified atom stereocenters. The monoisotopic (exact) mass is 482 g/mol. The lowest BCUT2D eigenvalue weighted by Crippen LogP contribution is -2.44. The smallest absolute Gasteiger partial charge is 0.314 e. The Morgan fingerprint density at radius 3 is 1.13 bits per heavy atom. The molecule has 0 fully saturated rings. The van der Waals surface area contributed by atoms with Crippen LogP contribution in [0.1, 0.15) is 54.4 Å². The van der Waals surface area contributed by atoms with E-state index < -0.39 is 40.1 Å². The summed E-state index contributed by atoms with van der Waals surface area (Å²) in [5.74, 6) is -4.94. The number of hydrogen-bond donors (Lipinski definition) is 3. The van der Waals surface area contributed by atoms with Gasteiger partial charge in [-0.2, -0.15) is 0 Å². The van der Waals surface area contributed by atoms with E-state index in [9.17, 15) is 42.3 Å². The Hall–Kier alpha value is -1.92. The van der Waals surface area contributed by atoms with Gasteiger partial charge in [-0.25, -0.2) is 12.6 Å². The minimum atomic E-state index is -1.67. The molecule has 170 valence electrons. The fraction of sp³-hybridized carbons (Fsp3) is 0.667. The van der Waals surface area contributed by atoms with Crippen LogP contribution >= 0.6 is 0 Å². The standard InChI is InChI=1S/C18H26O9S3/c1-16(2,13(19)20)10(28-25)7-9(12(30-27)18(5,6)15(23)24)8-11(29-26)17(3,4)14(21)22/h9H,7-8H2,1-6H3,(H,19,20)(H,21,22)(H,23,24). The van der Waals surface area contributed by atoms with Gasteiger partial charge in [-0.05, 0) is 54.4 Å². The first-order valence-corrected chi connectivity index (χ1v) is 10.9. The van der Waals surface area contributed by atoms with Crippen LogP contribution in [0, 0.1) is 22.2 Å². The van der Waals surface area contributed by atoms with Crippen LogP contribution < -0.4 is 0 Å². The van der Waals surface area contributed by atoms with E-state index in [1.165, 1.54) is 41.5 Å². The van der Waals surface area contributed by atoms with E-state index in [1.54, 1.807) is 0 Å². The van der Waals surface area contributed by atoms with Crippen molar-refractivity contribution in [2.24, 2.45) is 22.2 Å². The third kappa shape index (κ3) is 6.05. The van der Waals surface area contributed by atoms with Crippen LogP contribution in [0.25, 0.3) is 0 Å². The molecule has 0 spiro atoms. The molecule has 12 heteroatoms. The Balaban J connectivity index is 6.65. The molecule has 0 saturated heterocycles. The van der Waals surface area contributed by atoms with Crippen molar-refractivity contribution in [1.29, 1.82) is 0 Å². The van der Waals surface area contributed by atoms with Gasteiger partial charge in [0.2, 0.25) is 0 Å². The highest BCUT2D eigenvalue weighted by atomic mass is 32.1. The molecule has 0 atom stereocenters. The van der Waals surface area contributed by atoms with E-state index in [1.807, 2.05) is 0 Å². The number of carboxylic acids is 3. The summed E-state index contributed by atoms with van der Waals surface area (Å²) in [5, 5.41) is 28.5. The van der Waals surface area contributed by atoms with Gasteiger partial charge in [0.15, 0.2) is 0 Å². The Kier molecular flexibility index (Phi) is 9.74. The summed E-state index contributed by atoms with van der Waals surface area (Å²) in [4.78, 5) is 34.7. The van der Waals surface area contributed by atoms with E-state index in [2.05, 4.69) is 0 Å². The fourth-order valence-electron chi connectivity index (χ4n) is 2.52. The quantitative estimate of drug-likeness (QED) is 0.363. The fourth-order valence-corrected chi connectivity index (χ4v) is 4.25. The number of rotatable bonds is 11. The zero-order valence-corrected chi connectivity index (χ0v) is 20.0. The minimum absolute atomic E-state index is 0.0678. The molecule has 0 aromatic heterocycles. The molecule has 30 heavy (non-hydrogen) atoms. The van der Waals surface area contributed by atoms with Crippen LogP contribution in [-0.2, 0) is 48.2 Å². The Morgan fingerprint density at radius 1 is 0.633 bits per heavy atom. The van der Waals surface area contributed by atoms with Gasteiger partial charge in [-0.1, -0.05) is 0 Å². The van der Waals surface area contributed by atoms with Gasteiger partial charge in [-0.15, -0.1) is 0 Å². The first-order valence-electron chi connectivity index (χ1n) is 8.71. The molecule has 0 radical (unpaired) electrons. The summed E-state index contributed by atoms with van der Waals surface area (Å²) in [5.41, 5.74) is -4.86. The zero-order valence-electron chi connectivity index (χ0n) is 17.5. The molecule has 0 bridgehead atoms. The lowest BCUT2D eigenvalue weighted by molar-refractivity contribution is -0.144. The third-order valence-corrected chi connectivity index (χ3v) is 7.92. The topological polar surface area (TPSA) is 163 Å². The minimum Gasteiger partial charge on any atom is -0.481 e. The van der Waals surface area contributed by atoms with Crippen molar-refractivity contribution in [3.8, 4) is 0 Å². The molecular formula is C18H26O9S3. The van der Waals surface area contributed by atoms with E-state index in [0.29, 0.717) is 0 Å². The number of aliphatic carboxylic acids is 3. The van der Waals surface area contributed by atoms with Crippen LogP contribution in [0.4, 0.5) is 0 Å². The third-order valence-electron chi connectivity index (χ3n) is 5.14. The molecule has 0 saturated carbocycles. The van der Waals surface area contributed by atoms with Gasteiger partial charge >= 0.3 is 17.9 Å². The summed E-state index contributed by atoms with van der Waals surface area (Å²) in [7, 11) is 0.